The molecule has 1 aliphatic rings. The fourth-order valence-corrected chi connectivity index (χ4v) is 2.05. The van der Waals surface area contributed by atoms with E-state index in [0.29, 0.717) is 5.82 Å². The Bertz CT molecular complexity index is 208. The Hall–Kier alpha value is 0.230. The van der Waals surface area contributed by atoms with Crippen LogP contribution in [-0.2, 0) is 0 Å². The summed E-state index contributed by atoms with van der Waals surface area (Å²) in [5.41, 5.74) is 5.51. The lowest BCUT2D eigenvalue weighted by Gasteiger charge is -2.20. The number of aliphatic imine (C=N–C) groups is 1. The minimum Gasteiger partial charge on any atom is -0.383 e. The van der Waals surface area contributed by atoms with Gasteiger partial charge in [0.1, 0.15) is 5.82 Å². The molecule has 2 nitrogen and oxygen atoms in total. The third-order valence-corrected chi connectivity index (χ3v) is 2.42. The molecule has 10 heavy (non-hydrogen) atoms. The third kappa shape index (κ3) is 1.85. The minimum absolute atomic E-state index is 0.334. The summed E-state index contributed by atoms with van der Waals surface area (Å²) in [5.74, 6) is 0.596. The first-order valence-corrected chi connectivity index (χ1v) is 4.35. The highest BCUT2D eigenvalue weighted by molar-refractivity contribution is 14.1. The molecule has 0 amide bonds. The van der Waals surface area contributed by atoms with E-state index in [1.807, 2.05) is 6.92 Å². The lowest BCUT2D eigenvalue weighted by molar-refractivity contribution is 0.820. The molecule has 2 N–H and O–H groups in total. The van der Waals surface area contributed by atoms with Crippen molar-refractivity contribution in [1.29, 1.82) is 0 Å². The average molecular weight is 271 g/mol. The van der Waals surface area contributed by atoms with Crippen molar-refractivity contribution in [2.75, 3.05) is 0 Å². The highest BCUT2D eigenvalue weighted by atomic mass is 127. The monoisotopic (exact) mass is 270 g/mol. The molecular weight excluding hydrogens is 262 g/mol. The van der Waals surface area contributed by atoms with Crippen molar-refractivity contribution in [2.45, 2.75) is 18.2 Å². The number of hydrogen-bond acceptors (Lipinski definition) is 2. The van der Waals surface area contributed by atoms with E-state index >= 15 is 0 Å². The average Bonchev–Trinajstić information content (AvgIpc) is 1.79. The van der Waals surface area contributed by atoms with Gasteiger partial charge >= 0.3 is 0 Å². The van der Waals surface area contributed by atoms with Crippen LogP contribution in [0.1, 0.15) is 13.3 Å². The van der Waals surface area contributed by atoms with Gasteiger partial charge in [-0.1, -0.05) is 0 Å². The molecule has 1 heterocycles. The van der Waals surface area contributed by atoms with E-state index in [9.17, 15) is 0 Å². The van der Waals surface area contributed by atoms with Crippen molar-refractivity contribution >= 4 is 40.4 Å². The normalized spacial score (nSPS) is 33.1. The second kappa shape index (κ2) is 2.70. The van der Waals surface area contributed by atoms with E-state index in [-0.39, 0.29) is 4.87 Å². The maximum atomic E-state index is 5.99. The molecule has 1 rings (SSSR count). The number of alkyl halides is 1. The molecule has 0 saturated heterocycles. The lowest BCUT2D eigenvalue weighted by Crippen LogP contribution is -2.23. The Morgan fingerprint density at radius 2 is 2.50 bits per heavy atom. The minimum atomic E-state index is -0.334. The highest BCUT2D eigenvalue weighted by Gasteiger charge is 2.23. The van der Waals surface area contributed by atoms with Crippen molar-refractivity contribution < 1.29 is 0 Å². The van der Waals surface area contributed by atoms with Gasteiger partial charge in [-0.3, -0.25) is 0 Å². The molecule has 0 aromatic carbocycles. The van der Waals surface area contributed by atoms with Crippen LogP contribution in [0, 0.1) is 0 Å². The summed E-state index contributed by atoms with van der Waals surface area (Å²) >= 11 is 8.15. The standard InChI is InChI=1S/C6H8ClIN2/c1-6(7)2-4(8)5(9)10-3-6/h3H,2,9H2,1H3. The van der Waals surface area contributed by atoms with Crippen LogP contribution in [0.25, 0.3) is 0 Å². The van der Waals surface area contributed by atoms with E-state index < -0.39 is 0 Å². The number of halogens is 2. The van der Waals surface area contributed by atoms with Crippen molar-refractivity contribution in [3.63, 3.8) is 0 Å². The Balaban J connectivity index is 2.85. The van der Waals surface area contributed by atoms with Crippen molar-refractivity contribution in [2.24, 2.45) is 10.7 Å². The molecule has 1 atom stereocenters. The van der Waals surface area contributed by atoms with Crippen LogP contribution in [-0.4, -0.2) is 11.1 Å². The van der Waals surface area contributed by atoms with Gasteiger partial charge in [0.15, 0.2) is 0 Å². The van der Waals surface area contributed by atoms with E-state index in [1.54, 1.807) is 6.21 Å². The van der Waals surface area contributed by atoms with E-state index in [1.165, 1.54) is 0 Å². The molecule has 0 aromatic rings. The number of hydrogen-bond donors (Lipinski definition) is 1. The number of nitrogens with two attached hydrogens (primary N) is 1. The second-order valence-electron chi connectivity index (χ2n) is 2.50. The van der Waals surface area contributed by atoms with Crippen LogP contribution < -0.4 is 5.73 Å². The molecule has 0 radical (unpaired) electrons. The Morgan fingerprint density at radius 1 is 1.90 bits per heavy atom. The first-order valence-electron chi connectivity index (χ1n) is 2.89. The van der Waals surface area contributed by atoms with Gasteiger partial charge < -0.3 is 5.73 Å². The van der Waals surface area contributed by atoms with E-state index in [4.69, 9.17) is 17.3 Å². The van der Waals surface area contributed by atoms with Crippen LogP contribution in [0.3, 0.4) is 0 Å². The summed E-state index contributed by atoms with van der Waals surface area (Å²) in [6, 6.07) is 0. The third-order valence-electron chi connectivity index (χ3n) is 1.25. The molecule has 0 fully saturated rings. The Morgan fingerprint density at radius 3 is 2.90 bits per heavy atom. The molecule has 56 valence electrons. The van der Waals surface area contributed by atoms with Crippen LogP contribution in [0.15, 0.2) is 14.4 Å². The first kappa shape index (κ1) is 8.33. The van der Waals surface area contributed by atoms with Gasteiger partial charge in [-0.15, -0.1) is 11.6 Å². The van der Waals surface area contributed by atoms with E-state index in [0.717, 1.165) is 10.0 Å². The molecule has 0 bridgehead atoms. The summed E-state index contributed by atoms with van der Waals surface area (Å²) in [7, 11) is 0. The number of nitrogens with zero attached hydrogens (tertiary/aromatic N) is 1. The van der Waals surface area contributed by atoms with Crippen molar-refractivity contribution in [1.82, 2.24) is 0 Å². The molecule has 4 heteroatoms. The zero-order valence-electron chi connectivity index (χ0n) is 5.56. The van der Waals surface area contributed by atoms with Crippen molar-refractivity contribution in [3.8, 4) is 0 Å². The molecule has 0 spiro atoms. The van der Waals surface area contributed by atoms with E-state index in [2.05, 4.69) is 27.6 Å². The summed E-state index contributed by atoms with van der Waals surface area (Å²) < 4.78 is 1.04. The second-order valence-corrected chi connectivity index (χ2v) is 4.67. The zero-order valence-corrected chi connectivity index (χ0v) is 8.48. The maximum Gasteiger partial charge on any atom is 0.132 e. The molecular formula is C6H8ClIN2. The fourth-order valence-electron chi connectivity index (χ4n) is 0.714. The largest absolute Gasteiger partial charge is 0.383 e. The first-order chi connectivity index (χ1) is 4.51. The maximum absolute atomic E-state index is 5.99. The highest BCUT2D eigenvalue weighted by Crippen LogP contribution is 2.30. The van der Waals surface area contributed by atoms with Crippen LogP contribution >= 0.6 is 34.2 Å². The van der Waals surface area contributed by atoms with Gasteiger partial charge in [0.25, 0.3) is 0 Å². The van der Waals surface area contributed by atoms with Crippen LogP contribution in [0.2, 0.25) is 0 Å². The van der Waals surface area contributed by atoms with Gasteiger partial charge in [-0.2, -0.15) is 0 Å². The SMILES string of the molecule is CC1(Cl)C=NC(N)=C(I)C1. The topological polar surface area (TPSA) is 38.4 Å². The molecule has 1 aliphatic heterocycles. The van der Waals surface area contributed by atoms with Gasteiger partial charge in [-0.05, 0) is 29.5 Å². The molecule has 0 aromatic heterocycles. The zero-order chi connectivity index (χ0) is 7.78. The van der Waals surface area contributed by atoms with Gasteiger partial charge in [-0.25, -0.2) is 4.99 Å². The van der Waals surface area contributed by atoms with Crippen LogP contribution in [0.4, 0.5) is 0 Å². The lowest BCUT2D eigenvalue weighted by atomic mass is 10.1. The summed E-state index contributed by atoms with van der Waals surface area (Å²) in [6.07, 6.45) is 2.47. The van der Waals surface area contributed by atoms with Crippen molar-refractivity contribution in [3.05, 3.63) is 9.40 Å². The van der Waals surface area contributed by atoms with Gasteiger partial charge in [0.2, 0.25) is 0 Å². The molecule has 0 aliphatic carbocycles. The summed E-state index contributed by atoms with van der Waals surface area (Å²) in [4.78, 5) is 3.62. The smallest absolute Gasteiger partial charge is 0.132 e. The number of allylic oxidation sites excluding steroid dienone is 1. The van der Waals surface area contributed by atoms with Crippen LogP contribution in [0.5, 0.6) is 0 Å². The predicted molar refractivity (Wildman–Crippen MR) is 52.6 cm³/mol. The van der Waals surface area contributed by atoms with Gasteiger partial charge in [0, 0.05) is 16.2 Å². The predicted octanol–water partition coefficient (Wildman–Crippen LogP) is 2.02. The molecule has 0 saturated carbocycles. The molecule has 1 unspecified atom stereocenters. The quantitative estimate of drug-likeness (QED) is 0.531. The summed E-state index contributed by atoms with van der Waals surface area (Å²) in [6.45, 7) is 1.92. The van der Waals surface area contributed by atoms with Gasteiger partial charge in [0.05, 0.1) is 4.87 Å². The number of rotatable bonds is 0. The summed E-state index contributed by atoms with van der Waals surface area (Å²) in [5, 5.41) is 0. The Kier molecular flexibility index (Phi) is 2.24. The Labute approximate surface area is 78.7 Å². The fraction of sp³-hybridized carbons (Fsp3) is 0.500.